The van der Waals surface area contributed by atoms with E-state index in [9.17, 15) is 4.79 Å². The zero-order valence-electron chi connectivity index (χ0n) is 11.7. The SMILES string of the molecule is CCOC(=O)C1=NOC(c2ccccc2)C1C1OCCO1. The van der Waals surface area contributed by atoms with Gasteiger partial charge in [0, 0.05) is 0 Å². The summed E-state index contributed by atoms with van der Waals surface area (Å²) in [7, 11) is 0. The molecule has 0 bridgehead atoms. The molecule has 1 aromatic rings. The summed E-state index contributed by atoms with van der Waals surface area (Å²) >= 11 is 0. The summed E-state index contributed by atoms with van der Waals surface area (Å²) in [5, 5.41) is 3.92. The van der Waals surface area contributed by atoms with Gasteiger partial charge < -0.3 is 19.0 Å². The molecule has 2 unspecified atom stereocenters. The standard InChI is InChI=1S/C15H17NO5/c1-2-18-14(17)12-11(15-19-8-9-20-15)13(21-16-12)10-6-4-3-5-7-10/h3-7,11,13,15H,2,8-9H2,1H3. The molecular formula is C15H17NO5. The number of rotatable bonds is 4. The predicted octanol–water partition coefficient (Wildman–Crippen LogP) is 1.67. The number of benzene rings is 1. The average molecular weight is 291 g/mol. The highest BCUT2D eigenvalue weighted by Crippen LogP contribution is 2.37. The number of carbonyl (C=O) groups excluding carboxylic acids is 1. The third-order valence-electron chi connectivity index (χ3n) is 3.46. The Labute approximate surface area is 122 Å². The van der Waals surface area contributed by atoms with Crippen LogP contribution in [0.3, 0.4) is 0 Å². The summed E-state index contributed by atoms with van der Waals surface area (Å²) in [5.74, 6) is -0.908. The molecule has 2 atom stereocenters. The van der Waals surface area contributed by atoms with Crippen molar-refractivity contribution in [3.8, 4) is 0 Å². The molecule has 0 saturated carbocycles. The van der Waals surface area contributed by atoms with Crippen LogP contribution in [-0.4, -0.2) is 37.8 Å². The van der Waals surface area contributed by atoms with E-state index in [1.54, 1.807) is 6.92 Å². The minimum absolute atomic E-state index is 0.220. The van der Waals surface area contributed by atoms with Crippen LogP contribution in [0.4, 0.5) is 0 Å². The van der Waals surface area contributed by atoms with Crippen LogP contribution < -0.4 is 0 Å². The fourth-order valence-corrected chi connectivity index (χ4v) is 2.53. The van der Waals surface area contributed by atoms with Crippen LogP contribution in [0.15, 0.2) is 35.5 Å². The number of hydrogen-bond acceptors (Lipinski definition) is 6. The van der Waals surface area contributed by atoms with E-state index in [1.165, 1.54) is 0 Å². The highest BCUT2D eigenvalue weighted by Gasteiger charge is 2.47. The molecule has 0 spiro atoms. The quantitative estimate of drug-likeness (QED) is 0.789. The van der Waals surface area contributed by atoms with Gasteiger partial charge in [0.2, 0.25) is 0 Å². The molecule has 3 rings (SSSR count). The molecule has 0 radical (unpaired) electrons. The Hall–Kier alpha value is -1.92. The number of oxime groups is 1. The van der Waals surface area contributed by atoms with Crippen molar-refractivity contribution in [3.05, 3.63) is 35.9 Å². The molecule has 2 aliphatic rings. The van der Waals surface area contributed by atoms with E-state index in [0.29, 0.717) is 13.2 Å². The summed E-state index contributed by atoms with van der Waals surface area (Å²) in [6, 6.07) is 9.60. The summed E-state index contributed by atoms with van der Waals surface area (Å²) < 4.78 is 16.2. The lowest BCUT2D eigenvalue weighted by Gasteiger charge is -2.22. The van der Waals surface area contributed by atoms with Gasteiger partial charge in [-0.15, -0.1) is 0 Å². The number of carbonyl (C=O) groups is 1. The first kappa shape index (κ1) is 14.0. The maximum absolute atomic E-state index is 12.0. The van der Waals surface area contributed by atoms with Gasteiger partial charge in [0.25, 0.3) is 0 Å². The van der Waals surface area contributed by atoms with Gasteiger partial charge in [-0.25, -0.2) is 4.79 Å². The monoisotopic (exact) mass is 291 g/mol. The number of hydrogen-bond donors (Lipinski definition) is 0. The molecule has 1 aromatic carbocycles. The number of ether oxygens (including phenoxy) is 3. The molecular weight excluding hydrogens is 274 g/mol. The second-order valence-corrected chi connectivity index (χ2v) is 4.77. The summed E-state index contributed by atoms with van der Waals surface area (Å²) in [4.78, 5) is 17.5. The number of esters is 1. The highest BCUT2D eigenvalue weighted by molar-refractivity contribution is 6.37. The van der Waals surface area contributed by atoms with Crippen LogP contribution in [-0.2, 0) is 23.8 Å². The minimum atomic E-state index is -0.541. The van der Waals surface area contributed by atoms with Crippen molar-refractivity contribution in [2.45, 2.75) is 19.3 Å². The van der Waals surface area contributed by atoms with E-state index in [0.717, 1.165) is 5.56 Å². The van der Waals surface area contributed by atoms with E-state index in [4.69, 9.17) is 19.0 Å². The zero-order chi connectivity index (χ0) is 14.7. The molecule has 6 heteroatoms. The first-order chi connectivity index (χ1) is 10.3. The van der Waals surface area contributed by atoms with Crippen molar-refractivity contribution in [3.63, 3.8) is 0 Å². The lowest BCUT2D eigenvalue weighted by Crippen LogP contribution is -2.36. The van der Waals surface area contributed by atoms with Gasteiger partial charge in [-0.1, -0.05) is 35.5 Å². The Bertz CT molecular complexity index is 524. The Morgan fingerprint density at radius 2 is 2.00 bits per heavy atom. The molecule has 1 saturated heterocycles. The summed E-state index contributed by atoms with van der Waals surface area (Å²) in [6.07, 6.45) is -0.949. The van der Waals surface area contributed by atoms with Gasteiger partial charge in [0.1, 0.15) is 5.92 Å². The molecule has 0 aliphatic carbocycles. The van der Waals surface area contributed by atoms with Gasteiger partial charge >= 0.3 is 5.97 Å². The number of nitrogens with zero attached hydrogens (tertiary/aromatic N) is 1. The van der Waals surface area contributed by atoms with Crippen molar-refractivity contribution in [2.24, 2.45) is 11.1 Å². The Kier molecular flexibility index (Phi) is 4.17. The largest absolute Gasteiger partial charge is 0.461 e. The molecule has 0 amide bonds. The van der Waals surface area contributed by atoms with Crippen molar-refractivity contribution in [1.82, 2.24) is 0 Å². The van der Waals surface area contributed by atoms with Crippen molar-refractivity contribution >= 4 is 11.7 Å². The zero-order valence-corrected chi connectivity index (χ0v) is 11.7. The Balaban J connectivity index is 1.87. The van der Waals surface area contributed by atoms with Gasteiger partial charge in [-0.2, -0.15) is 0 Å². The minimum Gasteiger partial charge on any atom is -0.461 e. The van der Waals surface area contributed by atoms with E-state index < -0.39 is 24.3 Å². The van der Waals surface area contributed by atoms with Crippen LogP contribution in [0, 0.1) is 5.92 Å². The average Bonchev–Trinajstić information content (AvgIpc) is 3.17. The van der Waals surface area contributed by atoms with Crippen LogP contribution >= 0.6 is 0 Å². The second kappa shape index (κ2) is 6.24. The van der Waals surface area contributed by atoms with E-state index in [2.05, 4.69) is 5.16 Å². The summed E-state index contributed by atoms with van der Waals surface area (Å²) in [5.41, 5.74) is 1.14. The van der Waals surface area contributed by atoms with Crippen LogP contribution in [0.2, 0.25) is 0 Å². The lowest BCUT2D eigenvalue weighted by atomic mass is 9.91. The van der Waals surface area contributed by atoms with Crippen LogP contribution in [0.1, 0.15) is 18.6 Å². The molecule has 2 heterocycles. The molecule has 0 N–H and O–H groups in total. The van der Waals surface area contributed by atoms with Gasteiger partial charge in [0.15, 0.2) is 18.1 Å². The second-order valence-electron chi connectivity index (χ2n) is 4.77. The maximum atomic E-state index is 12.0. The first-order valence-corrected chi connectivity index (χ1v) is 7.00. The third-order valence-corrected chi connectivity index (χ3v) is 3.46. The van der Waals surface area contributed by atoms with Gasteiger partial charge in [-0.3, -0.25) is 0 Å². The van der Waals surface area contributed by atoms with Crippen molar-refractivity contribution in [1.29, 1.82) is 0 Å². The topological polar surface area (TPSA) is 66.4 Å². The molecule has 112 valence electrons. The maximum Gasteiger partial charge on any atom is 0.356 e. The fraction of sp³-hybridized carbons (Fsp3) is 0.467. The normalized spacial score (nSPS) is 25.5. The molecule has 2 aliphatic heterocycles. The van der Waals surface area contributed by atoms with E-state index in [-0.39, 0.29) is 12.3 Å². The summed E-state index contributed by atoms with van der Waals surface area (Å²) in [6.45, 7) is 3.03. The Morgan fingerprint density at radius 1 is 1.29 bits per heavy atom. The first-order valence-electron chi connectivity index (χ1n) is 7.00. The molecule has 0 aromatic heterocycles. The molecule has 21 heavy (non-hydrogen) atoms. The van der Waals surface area contributed by atoms with Crippen LogP contribution in [0.25, 0.3) is 0 Å². The van der Waals surface area contributed by atoms with Crippen LogP contribution in [0.5, 0.6) is 0 Å². The molecule has 1 fully saturated rings. The smallest absolute Gasteiger partial charge is 0.356 e. The third kappa shape index (κ3) is 2.77. The fourth-order valence-electron chi connectivity index (χ4n) is 2.53. The van der Waals surface area contributed by atoms with Gasteiger partial charge in [-0.05, 0) is 12.5 Å². The van der Waals surface area contributed by atoms with E-state index in [1.807, 2.05) is 30.3 Å². The molecule has 6 nitrogen and oxygen atoms in total. The highest BCUT2D eigenvalue weighted by atomic mass is 16.7. The van der Waals surface area contributed by atoms with Crippen molar-refractivity contribution in [2.75, 3.05) is 19.8 Å². The predicted molar refractivity (Wildman–Crippen MR) is 73.5 cm³/mol. The van der Waals surface area contributed by atoms with Crippen molar-refractivity contribution < 1.29 is 23.8 Å². The van der Waals surface area contributed by atoms with Gasteiger partial charge in [0.05, 0.1) is 19.8 Å². The lowest BCUT2D eigenvalue weighted by molar-refractivity contribution is -0.136. The Morgan fingerprint density at radius 3 is 2.67 bits per heavy atom. The van der Waals surface area contributed by atoms with E-state index >= 15 is 0 Å².